The fraction of sp³-hybridized carbons (Fsp3) is 0.455. The van der Waals surface area contributed by atoms with Crippen LogP contribution in [0, 0.1) is 5.82 Å². The number of methoxy groups -OCH3 is 1. The highest BCUT2D eigenvalue weighted by Gasteiger charge is 2.37. The molecule has 2 aromatic rings. The summed E-state index contributed by atoms with van der Waals surface area (Å²) >= 11 is 17.0. The fourth-order valence-electron chi connectivity index (χ4n) is 4.10. The molecule has 3 heterocycles. The molecule has 2 aliphatic rings. The first-order valence-corrected chi connectivity index (χ1v) is 12.5. The van der Waals surface area contributed by atoms with Gasteiger partial charge >= 0.3 is 18.3 Å². The van der Waals surface area contributed by atoms with Gasteiger partial charge in [0.25, 0.3) is 0 Å². The van der Waals surface area contributed by atoms with E-state index in [4.69, 9.17) is 48.8 Å². The lowest BCUT2D eigenvalue weighted by molar-refractivity contribution is 0.133. The van der Waals surface area contributed by atoms with Gasteiger partial charge in [-0.1, -0.05) is 40.0 Å². The number of amides is 3. The molecule has 206 valence electrons. The summed E-state index contributed by atoms with van der Waals surface area (Å²) in [6.07, 6.45) is -1.11. The molecule has 0 spiro atoms. The van der Waals surface area contributed by atoms with Gasteiger partial charge in [-0.3, -0.25) is 9.80 Å². The van der Waals surface area contributed by atoms with Crippen LogP contribution in [-0.4, -0.2) is 79.3 Å². The average Bonchev–Trinajstić information content (AvgIpc) is 3.62. The minimum Gasteiger partial charge on any atom is -0.453 e. The van der Waals surface area contributed by atoms with Crippen molar-refractivity contribution in [1.29, 1.82) is 0 Å². The Balaban J connectivity index is 1.41. The number of alkyl halides is 3. The molecule has 1 aromatic heterocycles. The Morgan fingerprint density at radius 1 is 1.29 bits per heavy atom. The number of carbonyl (C=O) groups is 3. The third-order valence-electron chi connectivity index (χ3n) is 5.82. The Kier molecular flexibility index (Phi) is 8.58. The zero-order valence-electron chi connectivity index (χ0n) is 19.9. The van der Waals surface area contributed by atoms with E-state index < -0.39 is 40.6 Å². The minimum atomic E-state index is -1.83. The second-order valence-electron chi connectivity index (χ2n) is 8.46. The van der Waals surface area contributed by atoms with Crippen molar-refractivity contribution in [3.05, 3.63) is 36.3 Å². The number of ether oxygens (including phenoxy) is 3. The molecule has 2 fully saturated rings. The second-order valence-corrected chi connectivity index (χ2v) is 11.0. The molecule has 0 bridgehead atoms. The number of nitrogens with zero attached hydrogens (tertiary/aromatic N) is 4. The van der Waals surface area contributed by atoms with Crippen LogP contribution in [0.3, 0.4) is 0 Å². The molecule has 12 nitrogen and oxygen atoms in total. The Morgan fingerprint density at radius 3 is 2.74 bits per heavy atom. The number of aromatic nitrogens is 1. The molecule has 4 rings (SSSR count). The summed E-state index contributed by atoms with van der Waals surface area (Å²) in [4.78, 5) is 40.8. The van der Waals surface area contributed by atoms with Crippen LogP contribution in [0.1, 0.15) is 6.42 Å². The molecule has 1 aromatic carbocycles. The third kappa shape index (κ3) is 6.83. The predicted molar refractivity (Wildman–Crippen MR) is 136 cm³/mol. The molecule has 0 aliphatic carbocycles. The molecule has 38 heavy (non-hydrogen) atoms. The third-order valence-corrected chi connectivity index (χ3v) is 6.15. The molecule has 16 heteroatoms. The van der Waals surface area contributed by atoms with Crippen LogP contribution < -0.4 is 20.0 Å². The monoisotopic (exact) mass is 593 g/mol. The van der Waals surface area contributed by atoms with Crippen LogP contribution >= 0.6 is 34.8 Å². The summed E-state index contributed by atoms with van der Waals surface area (Å²) < 4.78 is 33.1. The number of alkyl carbamates (subject to hydrolysis) is 1. The van der Waals surface area contributed by atoms with Gasteiger partial charge in [0, 0.05) is 19.2 Å². The van der Waals surface area contributed by atoms with Crippen molar-refractivity contribution in [1.82, 2.24) is 10.5 Å². The number of hydrogen-bond acceptors (Lipinski definition) is 9. The first-order valence-electron chi connectivity index (χ1n) is 11.3. The Morgan fingerprint density at radius 2 is 2.08 bits per heavy atom. The standard InChI is InChI=1S/C22H23Cl3FN5O7/c1-35-19(32)27-13-4-6-29(9-13)17-3-2-14(8-16(17)26)30-10-15(38-21(30)34)11-31(18-5-7-37-28-18)20(33)36-12-22(23,24)25/h2-3,5,7-8,13,15H,4,6,9-12H2,1H3,(H,27,32)/t13-,15+/m0/s1. The molecule has 0 radical (unpaired) electrons. The molecule has 2 saturated heterocycles. The maximum Gasteiger partial charge on any atom is 0.415 e. The van der Waals surface area contributed by atoms with Crippen molar-refractivity contribution in [2.45, 2.75) is 22.4 Å². The van der Waals surface area contributed by atoms with E-state index in [9.17, 15) is 14.4 Å². The van der Waals surface area contributed by atoms with Gasteiger partial charge in [0.1, 0.15) is 24.8 Å². The number of nitrogens with one attached hydrogen (secondary N) is 1. The number of carbonyl (C=O) groups excluding carboxylic acids is 3. The quantitative estimate of drug-likeness (QED) is 0.373. The summed E-state index contributed by atoms with van der Waals surface area (Å²) in [6, 6.07) is 5.60. The Labute approximate surface area is 231 Å². The molecule has 2 atom stereocenters. The van der Waals surface area contributed by atoms with E-state index in [0.29, 0.717) is 25.2 Å². The summed E-state index contributed by atoms with van der Waals surface area (Å²) in [5.74, 6) is -0.452. The predicted octanol–water partition coefficient (Wildman–Crippen LogP) is 4.09. The highest BCUT2D eigenvalue weighted by atomic mass is 35.6. The SMILES string of the molecule is COC(=O)N[C@H]1CCN(c2ccc(N3C[C@H](CN(C(=O)OCC(Cl)(Cl)Cl)c4ccon4)OC3=O)cc2F)C1. The van der Waals surface area contributed by atoms with E-state index in [1.165, 1.54) is 30.4 Å². The van der Waals surface area contributed by atoms with Gasteiger partial charge in [0.15, 0.2) is 5.82 Å². The number of hydrogen-bond donors (Lipinski definition) is 1. The van der Waals surface area contributed by atoms with Crippen LogP contribution in [0.15, 0.2) is 35.1 Å². The number of cyclic esters (lactones) is 1. The highest BCUT2D eigenvalue weighted by molar-refractivity contribution is 6.67. The zero-order chi connectivity index (χ0) is 27.4. The first-order chi connectivity index (χ1) is 18.0. The van der Waals surface area contributed by atoms with Crippen LogP contribution in [0.4, 0.5) is 36.0 Å². The number of benzene rings is 1. The summed E-state index contributed by atoms with van der Waals surface area (Å²) in [7, 11) is 1.28. The maximum atomic E-state index is 15.1. The normalized spacial score (nSPS) is 19.3. The van der Waals surface area contributed by atoms with Crippen molar-refractivity contribution in [3.63, 3.8) is 0 Å². The van der Waals surface area contributed by atoms with E-state index in [1.54, 1.807) is 17.0 Å². The van der Waals surface area contributed by atoms with E-state index in [1.807, 2.05) is 0 Å². The lowest BCUT2D eigenvalue weighted by Gasteiger charge is -2.23. The molecule has 0 unspecified atom stereocenters. The smallest absolute Gasteiger partial charge is 0.415 e. The maximum absolute atomic E-state index is 15.1. The number of rotatable bonds is 7. The average molecular weight is 595 g/mol. The molecule has 3 amide bonds. The molecular weight excluding hydrogens is 572 g/mol. The van der Waals surface area contributed by atoms with Gasteiger partial charge in [-0.2, -0.15) is 0 Å². The van der Waals surface area contributed by atoms with Gasteiger partial charge in [0.2, 0.25) is 3.79 Å². The molecular formula is C22H23Cl3FN5O7. The van der Waals surface area contributed by atoms with Crippen LogP contribution in [0.2, 0.25) is 0 Å². The van der Waals surface area contributed by atoms with E-state index in [2.05, 4.69) is 15.2 Å². The van der Waals surface area contributed by atoms with Crippen molar-refractivity contribution in [3.8, 4) is 0 Å². The van der Waals surface area contributed by atoms with Crippen LogP contribution in [-0.2, 0) is 14.2 Å². The Bertz CT molecular complexity index is 1170. The van der Waals surface area contributed by atoms with Crippen molar-refractivity contribution >= 4 is 70.3 Å². The fourth-order valence-corrected chi connectivity index (χ4v) is 4.27. The summed E-state index contributed by atoms with van der Waals surface area (Å²) in [6.45, 7) is 0.273. The van der Waals surface area contributed by atoms with Gasteiger partial charge in [0.05, 0.1) is 37.6 Å². The lowest BCUT2D eigenvalue weighted by Crippen LogP contribution is -2.40. The minimum absolute atomic E-state index is 0.0124. The Hall–Kier alpha value is -3.16. The van der Waals surface area contributed by atoms with Gasteiger partial charge in [-0.25, -0.2) is 18.8 Å². The molecule has 1 N–H and O–H groups in total. The topological polar surface area (TPSA) is 127 Å². The van der Waals surface area contributed by atoms with E-state index >= 15 is 4.39 Å². The molecule has 0 saturated carbocycles. The summed E-state index contributed by atoms with van der Waals surface area (Å²) in [5.41, 5.74) is 0.606. The lowest BCUT2D eigenvalue weighted by atomic mass is 10.2. The largest absolute Gasteiger partial charge is 0.453 e. The highest BCUT2D eigenvalue weighted by Crippen LogP contribution is 2.31. The van der Waals surface area contributed by atoms with Crippen molar-refractivity contribution in [2.24, 2.45) is 0 Å². The van der Waals surface area contributed by atoms with Gasteiger partial charge in [-0.05, 0) is 24.6 Å². The van der Waals surface area contributed by atoms with Gasteiger partial charge < -0.3 is 29.0 Å². The van der Waals surface area contributed by atoms with Crippen LogP contribution in [0.25, 0.3) is 0 Å². The zero-order valence-corrected chi connectivity index (χ0v) is 22.2. The van der Waals surface area contributed by atoms with Gasteiger partial charge in [-0.15, -0.1) is 0 Å². The van der Waals surface area contributed by atoms with Crippen molar-refractivity contribution < 1.29 is 37.5 Å². The number of halogens is 4. The molecule has 2 aliphatic heterocycles. The summed E-state index contributed by atoms with van der Waals surface area (Å²) in [5, 5.41) is 6.42. The number of anilines is 3. The van der Waals surface area contributed by atoms with Crippen molar-refractivity contribution in [2.75, 3.05) is 54.6 Å². The second kappa shape index (κ2) is 11.7. The van der Waals surface area contributed by atoms with E-state index in [-0.39, 0.29) is 30.6 Å². The van der Waals surface area contributed by atoms with Crippen LogP contribution in [0.5, 0.6) is 0 Å². The van der Waals surface area contributed by atoms with E-state index in [0.717, 1.165) is 4.90 Å². The first kappa shape index (κ1) is 27.9.